The fraction of sp³-hybridized carbons (Fsp3) is 0.382. The van der Waals surface area contributed by atoms with Gasteiger partial charge in [-0.25, -0.2) is 4.98 Å². The predicted molar refractivity (Wildman–Crippen MR) is 166 cm³/mol. The van der Waals surface area contributed by atoms with E-state index in [1.165, 1.54) is 0 Å². The molecule has 8 nitrogen and oxygen atoms in total. The molecule has 1 saturated heterocycles. The molecule has 0 bridgehead atoms. The minimum Gasteiger partial charge on any atom is -0.494 e. The van der Waals surface area contributed by atoms with Crippen LogP contribution in [0.5, 0.6) is 5.75 Å². The van der Waals surface area contributed by atoms with Crippen LogP contribution in [-0.4, -0.2) is 54.3 Å². The molecule has 0 aliphatic carbocycles. The lowest BCUT2D eigenvalue weighted by molar-refractivity contribution is -0.120. The number of aromatic nitrogens is 2. The first kappa shape index (κ1) is 29.3. The van der Waals surface area contributed by atoms with Gasteiger partial charge in [-0.15, -0.1) is 0 Å². The van der Waals surface area contributed by atoms with Crippen molar-refractivity contribution in [2.24, 2.45) is 0 Å². The maximum absolute atomic E-state index is 14.3. The Hall–Kier alpha value is -4.17. The molecule has 1 fully saturated rings. The zero-order chi connectivity index (χ0) is 29.8. The molecule has 2 heterocycles. The van der Waals surface area contributed by atoms with Crippen LogP contribution in [-0.2, 0) is 27.3 Å². The van der Waals surface area contributed by atoms with E-state index in [1.54, 1.807) is 12.0 Å². The van der Waals surface area contributed by atoms with E-state index >= 15 is 0 Å². The molecule has 220 valence electrons. The van der Waals surface area contributed by atoms with E-state index in [9.17, 15) is 9.59 Å². The molecule has 0 spiro atoms. The van der Waals surface area contributed by atoms with Gasteiger partial charge in [0.25, 0.3) is 0 Å². The zero-order valence-electron chi connectivity index (χ0n) is 25.2. The number of anilines is 2. The van der Waals surface area contributed by atoms with Crippen LogP contribution in [0.2, 0.25) is 0 Å². The number of ether oxygens (including phenoxy) is 2. The van der Waals surface area contributed by atoms with E-state index in [-0.39, 0.29) is 30.3 Å². The van der Waals surface area contributed by atoms with Gasteiger partial charge in [-0.05, 0) is 74.7 Å². The zero-order valence-corrected chi connectivity index (χ0v) is 25.2. The average Bonchev–Trinajstić information content (AvgIpc) is 3.55. The third-order valence-corrected chi connectivity index (χ3v) is 7.99. The van der Waals surface area contributed by atoms with E-state index in [0.717, 1.165) is 51.5 Å². The second kappa shape index (κ2) is 12.8. The Morgan fingerprint density at radius 2 is 1.83 bits per heavy atom. The third-order valence-electron chi connectivity index (χ3n) is 7.99. The van der Waals surface area contributed by atoms with Crippen LogP contribution in [0.15, 0.2) is 66.7 Å². The van der Waals surface area contributed by atoms with Crippen molar-refractivity contribution in [3.8, 4) is 5.75 Å². The molecule has 3 aromatic carbocycles. The van der Waals surface area contributed by atoms with Gasteiger partial charge < -0.3 is 23.8 Å². The third kappa shape index (κ3) is 5.77. The highest BCUT2D eigenvalue weighted by molar-refractivity contribution is 5.98. The molecular weight excluding hydrogens is 528 g/mol. The number of methoxy groups -OCH3 is 1. The first-order valence-electron chi connectivity index (χ1n) is 14.7. The van der Waals surface area contributed by atoms with Gasteiger partial charge in [-0.3, -0.25) is 9.59 Å². The van der Waals surface area contributed by atoms with Gasteiger partial charge in [0.15, 0.2) is 0 Å². The minimum absolute atomic E-state index is 0.0388. The van der Waals surface area contributed by atoms with Gasteiger partial charge in [-0.1, -0.05) is 37.3 Å². The first-order chi connectivity index (χ1) is 20.4. The molecule has 1 aliphatic rings. The van der Waals surface area contributed by atoms with Crippen molar-refractivity contribution in [1.29, 1.82) is 0 Å². The average molecular weight is 569 g/mol. The summed E-state index contributed by atoms with van der Waals surface area (Å²) >= 11 is 0. The summed E-state index contributed by atoms with van der Waals surface area (Å²) in [5.41, 5.74) is 5.64. The summed E-state index contributed by atoms with van der Waals surface area (Å²) in [5, 5.41) is 0. The van der Waals surface area contributed by atoms with E-state index < -0.39 is 0 Å². The number of hydrogen-bond acceptors (Lipinski definition) is 5. The van der Waals surface area contributed by atoms with E-state index in [4.69, 9.17) is 14.5 Å². The van der Waals surface area contributed by atoms with Crippen LogP contribution in [0.1, 0.15) is 50.1 Å². The maximum atomic E-state index is 14.3. The Bertz CT molecular complexity index is 1560. The fourth-order valence-electron chi connectivity index (χ4n) is 6.06. The highest BCUT2D eigenvalue weighted by Gasteiger charge is 2.36. The molecule has 0 N–H and O–H groups in total. The Morgan fingerprint density at radius 1 is 1.07 bits per heavy atom. The lowest BCUT2D eigenvalue weighted by Gasteiger charge is -2.32. The standard InChI is InChI=1S/C34H40N4O4/c1-6-25-12-10-11-23(3)33(25)38(24(4)22-41-5)32(40)21-37-30-14-9-8-13-29(30)35-34(37)26-19-31(39)36(20-26)27-15-17-28(18-16-27)42-7-2/h8-18,24,26H,6-7,19-22H2,1-5H3/t24-,26-/m1/s1. The Balaban J connectivity index is 1.50. The summed E-state index contributed by atoms with van der Waals surface area (Å²) < 4.78 is 13.1. The number of fused-ring (bicyclic) bond motifs is 1. The molecule has 2 amide bonds. The summed E-state index contributed by atoms with van der Waals surface area (Å²) in [7, 11) is 1.66. The number of para-hydroxylation sites is 3. The molecule has 4 aromatic rings. The summed E-state index contributed by atoms with van der Waals surface area (Å²) in [4.78, 5) is 36.3. The van der Waals surface area contributed by atoms with E-state index in [2.05, 4.69) is 13.0 Å². The number of carbonyl (C=O) groups is 2. The lowest BCUT2D eigenvalue weighted by atomic mass is 10.0. The number of nitrogens with zero attached hydrogens (tertiary/aromatic N) is 4. The van der Waals surface area contributed by atoms with Crippen LogP contribution < -0.4 is 14.5 Å². The second-order valence-corrected chi connectivity index (χ2v) is 10.9. The lowest BCUT2D eigenvalue weighted by Crippen LogP contribution is -2.44. The molecule has 0 saturated carbocycles. The number of amides is 2. The second-order valence-electron chi connectivity index (χ2n) is 10.9. The predicted octanol–water partition coefficient (Wildman–Crippen LogP) is 5.89. The van der Waals surface area contributed by atoms with Crippen LogP contribution >= 0.6 is 0 Å². The SMILES string of the molecule is CCOc1ccc(N2C[C@H](c3nc4ccccc4n3CC(=O)N(c3c(C)cccc3CC)[C@H](C)COC)CC2=O)cc1. The van der Waals surface area contributed by atoms with Crippen molar-refractivity contribution < 1.29 is 19.1 Å². The van der Waals surface area contributed by atoms with Gasteiger partial charge >= 0.3 is 0 Å². The van der Waals surface area contributed by atoms with Crippen LogP contribution in [0, 0.1) is 6.92 Å². The number of hydrogen-bond donors (Lipinski definition) is 0. The highest BCUT2D eigenvalue weighted by atomic mass is 16.5. The first-order valence-corrected chi connectivity index (χ1v) is 14.7. The van der Waals surface area contributed by atoms with Crippen molar-refractivity contribution in [3.63, 3.8) is 0 Å². The Morgan fingerprint density at radius 3 is 2.55 bits per heavy atom. The molecule has 8 heteroatoms. The van der Waals surface area contributed by atoms with Crippen molar-refractivity contribution in [2.75, 3.05) is 36.7 Å². The fourth-order valence-corrected chi connectivity index (χ4v) is 6.06. The summed E-state index contributed by atoms with van der Waals surface area (Å²) in [5.74, 6) is 1.37. The smallest absolute Gasteiger partial charge is 0.247 e. The van der Waals surface area contributed by atoms with Gasteiger partial charge in [0.05, 0.1) is 36.0 Å². The van der Waals surface area contributed by atoms with Crippen LogP contribution in [0.3, 0.4) is 0 Å². The number of rotatable bonds is 11. The number of imidazole rings is 1. The van der Waals surface area contributed by atoms with Crippen LogP contribution in [0.4, 0.5) is 11.4 Å². The largest absolute Gasteiger partial charge is 0.494 e. The maximum Gasteiger partial charge on any atom is 0.247 e. The number of benzene rings is 3. The molecule has 1 aromatic heterocycles. The Kier molecular flexibility index (Phi) is 8.92. The molecular formula is C34H40N4O4. The molecule has 0 unspecified atom stereocenters. The number of aryl methyl sites for hydroxylation is 2. The summed E-state index contributed by atoms with van der Waals surface area (Å²) in [6, 6.07) is 21.5. The molecule has 1 aliphatic heterocycles. The highest BCUT2D eigenvalue weighted by Crippen LogP contribution is 2.35. The Labute approximate surface area is 247 Å². The topological polar surface area (TPSA) is 76.9 Å². The van der Waals surface area contributed by atoms with E-state index in [1.807, 2.05) is 90.9 Å². The minimum atomic E-state index is -0.171. The number of carbonyl (C=O) groups excluding carboxylic acids is 2. The van der Waals surface area contributed by atoms with Gasteiger partial charge in [0.1, 0.15) is 18.1 Å². The molecule has 2 atom stereocenters. The van der Waals surface area contributed by atoms with Crippen molar-refractivity contribution >= 4 is 34.2 Å². The van der Waals surface area contributed by atoms with Gasteiger partial charge in [0.2, 0.25) is 11.8 Å². The van der Waals surface area contributed by atoms with Crippen molar-refractivity contribution in [2.45, 2.75) is 59.0 Å². The van der Waals surface area contributed by atoms with Gasteiger partial charge in [-0.2, -0.15) is 0 Å². The van der Waals surface area contributed by atoms with Gasteiger partial charge in [0, 0.05) is 31.7 Å². The molecule has 5 rings (SSSR count). The molecule has 0 radical (unpaired) electrons. The van der Waals surface area contributed by atoms with Crippen LogP contribution in [0.25, 0.3) is 11.0 Å². The normalized spacial score (nSPS) is 15.8. The quantitative estimate of drug-likeness (QED) is 0.225. The van der Waals surface area contributed by atoms with E-state index in [0.29, 0.717) is 26.2 Å². The van der Waals surface area contributed by atoms with Crippen molar-refractivity contribution in [3.05, 3.63) is 83.7 Å². The molecule has 42 heavy (non-hydrogen) atoms. The van der Waals surface area contributed by atoms with Crippen molar-refractivity contribution in [1.82, 2.24) is 9.55 Å². The summed E-state index contributed by atoms with van der Waals surface area (Å²) in [6.45, 7) is 9.72. The monoisotopic (exact) mass is 568 g/mol. The summed E-state index contributed by atoms with van der Waals surface area (Å²) in [6.07, 6.45) is 1.14.